The molecule has 10 heteroatoms. The summed E-state index contributed by atoms with van der Waals surface area (Å²) in [4.78, 5) is 41.0. The fourth-order valence-corrected chi connectivity index (χ4v) is 8.01. The number of thioether (sulfide) groups is 1. The Balaban J connectivity index is 2.10. The van der Waals surface area contributed by atoms with Gasteiger partial charge in [-0.2, -0.15) is 0 Å². The Kier molecular flexibility index (Phi) is 8.62. The van der Waals surface area contributed by atoms with Gasteiger partial charge in [-0.3, -0.25) is 9.59 Å². The number of rotatable bonds is 7. The number of Topliss-reactive ketones (excluding diaryl/α,β-unsaturated/α-hetero) is 1. The second kappa shape index (κ2) is 11.4. The molecule has 4 atom stereocenters. The number of carboxylic acids is 1. The van der Waals surface area contributed by atoms with Gasteiger partial charge >= 0.3 is 11.9 Å². The lowest BCUT2D eigenvalue weighted by atomic mass is 9.70. The molecule has 2 aliphatic rings. The number of benzene rings is 2. The molecule has 1 fully saturated rings. The highest BCUT2D eigenvalue weighted by Crippen LogP contribution is 2.54. The first-order valence-corrected chi connectivity index (χ1v) is 14.7. The maximum atomic E-state index is 14.7. The summed E-state index contributed by atoms with van der Waals surface area (Å²) in [6.45, 7) is 8.20. The Hall–Kier alpha value is -2.59. The van der Waals surface area contributed by atoms with Crippen molar-refractivity contribution in [2.45, 2.75) is 45.4 Å². The van der Waals surface area contributed by atoms with Crippen LogP contribution in [0.5, 0.6) is 11.5 Å². The minimum atomic E-state index is -1.78. The maximum absolute atomic E-state index is 14.7. The molecule has 2 unspecified atom stereocenters. The summed E-state index contributed by atoms with van der Waals surface area (Å²) in [6.07, 6.45) is 0.341. The molecule has 0 spiro atoms. The smallest absolute Gasteiger partial charge is 0.329 e. The normalized spacial score (nSPS) is 26.9. The van der Waals surface area contributed by atoms with Crippen molar-refractivity contribution < 1.29 is 29.0 Å². The van der Waals surface area contributed by atoms with Gasteiger partial charge in [0.2, 0.25) is 0 Å². The number of ketones is 1. The Labute approximate surface area is 244 Å². The Morgan fingerprint density at radius 2 is 1.90 bits per heavy atom. The first kappa shape index (κ1) is 30.4. The fourth-order valence-electron chi connectivity index (χ4n) is 6.55. The molecular formula is C30H38ClN2O6S+. The number of quaternary nitrogens is 1. The highest BCUT2D eigenvalue weighted by Gasteiger charge is 2.65. The van der Waals surface area contributed by atoms with Gasteiger partial charge in [0.05, 0.1) is 26.0 Å². The van der Waals surface area contributed by atoms with E-state index < -0.39 is 28.6 Å². The first-order valence-electron chi connectivity index (χ1n) is 13.3. The Bertz CT molecular complexity index is 1310. The SMILES string of the molecule is COc1cccc(C2SCC(=O)[N+](CC(C)(C)C)([C@@H]3CCNC[C@@]3(C(C)=O)C(=O)O)c3ccc(Cl)cc32)c1OC. The van der Waals surface area contributed by atoms with Crippen LogP contribution in [0.3, 0.4) is 0 Å². The highest BCUT2D eigenvalue weighted by molar-refractivity contribution is 8.00. The van der Waals surface area contributed by atoms with Gasteiger partial charge in [0.15, 0.2) is 22.7 Å². The highest BCUT2D eigenvalue weighted by atomic mass is 35.5. The number of methoxy groups -OCH3 is 2. The molecule has 0 aromatic heterocycles. The van der Waals surface area contributed by atoms with Crippen LogP contribution in [0.4, 0.5) is 5.69 Å². The van der Waals surface area contributed by atoms with Crippen LogP contribution >= 0.6 is 23.4 Å². The summed E-state index contributed by atoms with van der Waals surface area (Å²) in [5.41, 5.74) is 0.106. The third-order valence-electron chi connectivity index (χ3n) is 8.07. The molecule has 0 bridgehead atoms. The second-order valence-electron chi connectivity index (χ2n) is 11.8. The third-order valence-corrected chi connectivity index (χ3v) is 9.56. The molecular weight excluding hydrogens is 552 g/mol. The standard InChI is InChI=1S/C30H37ClN2O6S/c1-18(34)30(28(36)37)16-32-13-12-24(30)33(17-29(2,3)4)22-11-10-19(31)14-21(22)27(40-15-25(33)35)20-8-7-9-23(38-5)26(20)39-6/h7-11,14,24,27,32H,12-13,15-17H2,1-6H3/p+1/t24-,27?,30+,33?/m1/s1. The zero-order chi connectivity index (χ0) is 29.5. The van der Waals surface area contributed by atoms with Crippen molar-refractivity contribution in [3.63, 3.8) is 0 Å². The van der Waals surface area contributed by atoms with Crippen molar-refractivity contribution in [2.24, 2.45) is 10.8 Å². The predicted octanol–water partition coefficient (Wildman–Crippen LogP) is 5.10. The monoisotopic (exact) mass is 589 g/mol. The summed E-state index contributed by atoms with van der Waals surface area (Å²) in [6, 6.07) is 10.3. The number of carbonyl (C=O) groups is 3. The zero-order valence-corrected chi connectivity index (χ0v) is 25.4. The summed E-state index contributed by atoms with van der Waals surface area (Å²) >= 11 is 8.05. The molecule has 1 amide bonds. The van der Waals surface area contributed by atoms with Crippen molar-refractivity contribution in [1.82, 2.24) is 9.80 Å². The molecule has 0 saturated carbocycles. The van der Waals surface area contributed by atoms with Crippen LogP contribution in [-0.4, -0.2) is 68.4 Å². The van der Waals surface area contributed by atoms with Crippen molar-refractivity contribution in [1.29, 1.82) is 0 Å². The van der Waals surface area contributed by atoms with E-state index in [9.17, 15) is 19.5 Å². The number of carboxylic acid groups (broad SMARTS) is 1. The van der Waals surface area contributed by atoms with Gasteiger partial charge in [0.25, 0.3) is 0 Å². The number of piperidine rings is 1. The second-order valence-corrected chi connectivity index (χ2v) is 13.3. The number of hydrogen-bond acceptors (Lipinski definition) is 7. The molecule has 2 aromatic rings. The van der Waals surface area contributed by atoms with E-state index in [1.807, 2.05) is 51.1 Å². The number of nitrogens with zero attached hydrogens (tertiary/aromatic N) is 1. The minimum Gasteiger partial charge on any atom is -0.493 e. The van der Waals surface area contributed by atoms with Gasteiger partial charge in [-0.15, -0.1) is 11.8 Å². The van der Waals surface area contributed by atoms with E-state index in [0.717, 1.165) is 11.1 Å². The van der Waals surface area contributed by atoms with Crippen LogP contribution < -0.4 is 19.3 Å². The van der Waals surface area contributed by atoms with Crippen molar-refractivity contribution >= 4 is 46.7 Å². The van der Waals surface area contributed by atoms with E-state index in [4.69, 9.17) is 21.1 Å². The molecule has 2 heterocycles. The third kappa shape index (κ3) is 5.02. The van der Waals surface area contributed by atoms with Gasteiger partial charge in [0.1, 0.15) is 17.5 Å². The Morgan fingerprint density at radius 3 is 2.50 bits per heavy atom. The minimum absolute atomic E-state index is 0.0387. The number of amides is 1. The van der Waals surface area contributed by atoms with E-state index >= 15 is 0 Å². The summed E-state index contributed by atoms with van der Waals surface area (Å²) < 4.78 is 11.1. The van der Waals surface area contributed by atoms with Crippen LogP contribution in [0.1, 0.15) is 50.5 Å². The zero-order valence-electron chi connectivity index (χ0n) is 23.9. The molecule has 8 nitrogen and oxygen atoms in total. The summed E-state index contributed by atoms with van der Waals surface area (Å²) in [5, 5.41) is 13.9. The Morgan fingerprint density at radius 1 is 1.18 bits per heavy atom. The van der Waals surface area contributed by atoms with E-state index in [1.165, 1.54) is 18.7 Å². The van der Waals surface area contributed by atoms with Crippen LogP contribution in [0.2, 0.25) is 5.02 Å². The topological polar surface area (TPSA) is 102 Å². The summed E-state index contributed by atoms with van der Waals surface area (Å²) in [7, 11) is 3.15. The van der Waals surface area contributed by atoms with Crippen LogP contribution in [0.25, 0.3) is 0 Å². The van der Waals surface area contributed by atoms with Gasteiger partial charge < -0.3 is 19.9 Å². The molecule has 0 aliphatic carbocycles. The molecule has 2 aromatic carbocycles. The van der Waals surface area contributed by atoms with E-state index in [2.05, 4.69) is 5.32 Å². The lowest BCUT2D eigenvalue weighted by molar-refractivity contribution is -0.163. The molecule has 4 rings (SSSR count). The molecule has 216 valence electrons. The molecule has 1 saturated heterocycles. The fraction of sp³-hybridized carbons (Fsp3) is 0.500. The van der Waals surface area contributed by atoms with Crippen molar-refractivity contribution in [2.75, 3.05) is 39.6 Å². The number of hydrogen-bond donors (Lipinski definition) is 2. The first-order chi connectivity index (χ1) is 18.8. The largest absolute Gasteiger partial charge is 0.493 e. The van der Waals surface area contributed by atoms with Crippen molar-refractivity contribution in [3.8, 4) is 11.5 Å². The molecule has 2 N–H and O–H groups in total. The number of halogens is 1. The number of fused-ring (bicyclic) bond motifs is 1. The van der Waals surface area contributed by atoms with Crippen LogP contribution in [0, 0.1) is 10.8 Å². The quantitative estimate of drug-likeness (QED) is 0.340. The molecule has 40 heavy (non-hydrogen) atoms. The predicted molar refractivity (Wildman–Crippen MR) is 158 cm³/mol. The number of para-hydroxylation sites is 1. The maximum Gasteiger partial charge on any atom is 0.329 e. The van der Waals surface area contributed by atoms with E-state index in [1.54, 1.807) is 20.3 Å². The number of nitrogens with one attached hydrogen (secondary N) is 1. The number of aliphatic carboxylic acids is 1. The van der Waals surface area contributed by atoms with Crippen molar-refractivity contribution in [3.05, 3.63) is 52.5 Å². The van der Waals surface area contributed by atoms with Crippen LogP contribution in [-0.2, 0) is 14.4 Å². The van der Waals surface area contributed by atoms with Gasteiger partial charge in [-0.25, -0.2) is 9.28 Å². The van der Waals surface area contributed by atoms with Gasteiger partial charge in [-0.1, -0.05) is 44.5 Å². The lowest BCUT2D eigenvalue weighted by Crippen LogP contribution is -2.75. The van der Waals surface area contributed by atoms with Gasteiger partial charge in [0, 0.05) is 47.1 Å². The molecule has 2 aliphatic heterocycles. The number of carbonyl (C=O) groups excluding carboxylic acids is 2. The molecule has 0 radical (unpaired) electrons. The van der Waals surface area contributed by atoms with Gasteiger partial charge in [-0.05, 0) is 25.1 Å². The number of ether oxygens (including phenoxy) is 2. The lowest BCUT2D eigenvalue weighted by Gasteiger charge is -2.52. The average Bonchev–Trinajstić information content (AvgIpc) is 3.01. The van der Waals surface area contributed by atoms with Crippen LogP contribution in [0.15, 0.2) is 36.4 Å². The van der Waals surface area contributed by atoms with E-state index in [0.29, 0.717) is 41.7 Å². The van der Waals surface area contributed by atoms with E-state index in [-0.39, 0.29) is 27.9 Å². The summed E-state index contributed by atoms with van der Waals surface area (Å²) in [5.74, 6) is -0.584. The average molecular weight is 590 g/mol.